The number of Topliss-reactive ketones (excluding diaryl/α,β-unsaturated/α-hetero) is 1. The molecule has 27 heavy (non-hydrogen) atoms. The van der Waals surface area contributed by atoms with Gasteiger partial charge in [-0.15, -0.1) is 10.2 Å². The van der Waals surface area contributed by atoms with Crippen molar-refractivity contribution in [1.29, 1.82) is 0 Å². The van der Waals surface area contributed by atoms with E-state index in [-0.39, 0.29) is 11.0 Å². The van der Waals surface area contributed by atoms with Crippen LogP contribution in [0.4, 0.5) is 0 Å². The first kappa shape index (κ1) is 18.1. The first-order chi connectivity index (χ1) is 13.1. The highest BCUT2D eigenvalue weighted by Gasteiger charge is 2.34. The van der Waals surface area contributed by atoms with E-state index >= 15 is 0 Å². The number of carbonyl (C=O) groups is 1. The fraction of sp³-hybridized carbons (Fsp3) is 0.211. The van der Waals surface area contributed by atoms with Gasteiger partial charge in [-0.2, -0.15) is 0 Å². The van der Waals surface area contributed by atoms with Gasteiger partial charge in [-0.25, -0.2) is 0 Å². The minimum atomic E-state index is -0.315. The van der Waals surface area contributed by atoms with Crippen LogP contribution in [-0.2, 0) is 6.42 Å². The van der Waals surface area contributed by atoms with E-state index in [1.165, 1.54) is 11.8 Å². The van der Waals surface area contributed by atoms with E-state index in [1.807, 2.05) is 30.3 Å². The molecule has 1 aliphatic carbocycles. The summed E-state index contributed by atoms with van der Waals surface area (Å²) in [6, 6.07) is 11.2. The summed E-state index contributed by atoms with van der Waals surface area (Å²) in [5.41, 5.74) is 2.39. The Labute approximate surface area is 168 Å². The summed E-state index contributed by atoms with van der Waals surface area (Å²) in [6.07, 6.45) is 0.575. The van der Waals surface area contributed by atoms with Crippen molar-refractivity contribution >= 4 is 33.5 Å². The van der Waals surface area contributed by atoms with Crippen LogP contribution in [0.5, 0.6) is 11.5 Å². The van der Waals surface area contributed by atoms with Gasteiger partial charge in [-0.05, 0) is 52.2 Å². The van der Waals surface area contributed by atoms with E-state index in [0.29, 0.717) is 34.6 Å². The molecule has 0 saturated heterocycles. The smallest absolute Gasteiger partial charge is 0.277 e. The predicted molar refractivity (Wildman–Crippen MR) is 105 cm³/mol. The van der Waals surface area contributed by atoms with Crippen LogP contribution in [0.25, 0.3) is 11.5 Å². The lowest BCUT2D eigenvalue weighted by atomic mass is 10.1. The largest absolute Gasteiger partial charge is 0.493 e. The average molecular weight is 447 g/mol. The number of halogens is 1. The molecule has 1 atom stereocenters. The molecule has 0 N–H and O–H groups in total. The van der Waals surface area contributed by atoms with Crippen molar-refractivity contribution < 1.29 is 18.7 Å². The molecule has 1 aromatic heterocycles. The van der Waals surface area contributed by atoms with Gasteiger partial charge in [0.05, 0.1) is 25.0 Å². The normalized spacial score (nSPS) is 15.7. The Morgan fingerprint density at radius 1 is 1.11 bits per heavy atom. The Balaban J connectivity index is 1.56. The molecule has 2 aromatic carbocycles. The van der Waals surface area contributed by atoms with Gasteiger partial charge in [0.15, 0.2) is 17.3 Å². The van der Waals surface area contributed by atoms with E-state index < -0.39 is 0 Å². The van der Waals surface area contributed by atoms with E-state index in [9.17, 15) is 4.79 Å². The fourth-order valence-electron chi connectivity index (χ4n) is 3.00. The molecule has 3 aromatic rings. The second-order valence-corrected chi connectivity index (χ2v) is 7.90. The van der Waals surface area contributed by atoms with Crippen molar-refractivity contribution in [3.63, 3.8) is 0 Å². The summed E-state index contributed by atoms with van der Waals surface area (Å²) in [7, 11) is 3.13. The standard InChI is InChI=1S/C19H15BrN2O4S/c1-24-14-7-10-8-16(17(23)12(10)9-15(14)25-2)27-19-22-21-18(26-19)11-5-3-4-6-13(11)20/h3-7,9,16H,8H2,1-2H3. The van der Waals surface area contributed by atoms with Crippen molar-refractivity contribution in [2.75, 3.05) is 14.2 Å². The zero-order valence-corrected chi connectivity index (χ0v) is 17.0. The van der Waals surface area contributed by atoms with Crippen molar-refractivity contribution in [2.24, 2.45) is 0 Å². The van der Waals surface area contributed by atoms with Crippen LogP contribution in [-0.4, -0.2) is 35.5 Å². The second kappa shape index (κ2) is 7.36. The lowest BCUT2D eigenvalue weighted by Crippen LogP contribution is -2.11. The molecular weight excluding hydrogens is 432 g/mol. The number of benzene rings is 2. The van der Waals surface area contributed by atoms with Crippen LogP contribution in [0.2, 0.25) is 0 Å². The van der Waals surface area contributed by atoms with Crippen molar-refractivity contribution in [3.8, 4) is 23.0 Å². The van der Waals surface area contributed by atoms with Crippen LogP contribution < -0.4 is 9.47 Å². The Hall–Kier alpha value is -2.32. The molecule has 138 valence electrons. The summed E-state index contributed by atoms with van der Waals surface area (Å²) in [5, 5.41) is 8.24. The number of fused-ring (bicyclic) bond motifs is 1. The summed E-state index contributed by atoms with van der Waals surface area (Å²) < 4.78 is 17.3. The van der Waals surface area contributed by atoms with Crippen molar-refractivity contribution in [2.45, 2.75) is 16.9 Å². The molecular formula is C19H15BrN2O4S. The SMILES string of the molecule is COc1cc2c(cc1OC)C(=O)C(Sc1nnc(-c3ccccc3Br)o1)C2. The summed E-state index contributed by atoms with van der Waals surface area (Å²) in [6.45, 7) is 0. The van der Waals surface area contributed by atoms with Gasteiger partial charge in [0.2, 0.25) is 5.89 Å². The number of aromatic nitrogens is 2. The van der Waals surface area contributed by atoms with Crippen molar-refractivity contribution in [3.05, 3.63) is 52.0 Å². The molecule has 0 amide bonds. The molecule has 0 spiro atoms. The van der Waals surface area contributed by atoms with E-state index in [1.54, 1.807) is 20.3 Å². The third-order valence-electron chi connectivity index (χ3n) is 4.33. The lowest BCUT2D eigenvalue weighted by Gasteiger charge is -2.09. The molecule has 8 heteroatoms. The molecule has 0 bridgehead atoms. The number of hydrogen-bond donors (Lipinski definition) is 0. The number of ether oxygens (including phenoxy) is 2. The number of methoxy groups -OCH3 is 2. The Bertz CT molecular complexity index is 1020. The number of ketones is 1. The third kappa shape index (κ3) is 3.35. The molecule has 4 rings (SSSR count). The van der Waals surface area contributed by atoms with Crippen LogP contribution in [0.15, 0.2) is 50.5 Å². The van der Waals surface area contributed by atoms with Gasteiger partial charge in [-0.1, -0.05) is 23.9 Å². The van der Waals surface area contributed by atoms with E-state index in [0.717, 1.165) is 15.6 Å². The maximum atomic E-state index is 12.8. The number of rotatable bonds is 5. The summed E-state index contributed by atoms with van der Waals surface area (Å²) >= 11 is 4.75. The maximum absolute atomic E-state index is 12.8. The minimum absolute atomic E-state index is 0.0246. The Morgan fingerprint density at radius 2 is 1.85 bits per heavy atom. The summed E-state index contributed by atoms with van der Waals surface area (Å²) in [4.78, 5) is 12.8. The Kier molecular flexibility index (Phi) is 4.92. The molecule has 1 heterocycles. The Morgan fingerprint density at radius 3 is 2.59 bits per heavy atom. The van der Waals surface area contributed by atoms with Gasteiger partial charge in [0.1, 0.15) is 0 Å². The molecule has 0 fully saturated rings. The average Bonchev–Trinajstić information content (AvgIpc) is 3.26. The number of thioether (sulfide) groups is 1. The van der Waals surface area contributed by atoms with Crippen LogP contribution in [0, 0.1) is 0 Å². The highest BCUT2D eigenvalue weighted by molar-refractivity contribution is 9.10. The van der Waals surface area contributed by atoms with E-state index in [4.69, 9.17) is 13.9 Å². The second-order valence-electron chi connectivity index (χ2n) is 5.89. The first-order valence-corrected chi connectivity index (χ1v) is 9.82. The zero-order valence-electron chi connectivity index (χ0n) is 14.6. The number of hydrogen-bond acceptors (Lipinski definition) is 7. The molecule has 0 aliphatic heterocycles. The monoisotopic (exact) mass is 446 g/mol. The minimum Gasteiger partial charge on any atom is -0.493 e. The van der Waals surface area contributed by atoms with Gasteiger partial charge in [0.25, 0.3) is 5.22 Å². The molecule has 0 saturated carbocycles. The van der Waals surface area contributed by atoms with E-state index in [2.05, 4.69) is 26.1 Å². The highest BCUT2D eigenvalue weighted by atomic mass is 79.9. The van der Waals surface area contributed by atoms with Crippen LogP contribution in [0.3, 0.4) is 0 Å². The molecule has 6 nitrogen and oxygen atoms in total. The first-order valence-electron chi connectivity index (χ1n) is 8.15. The number of carbonyl (C=O) groups excluding carboxylic acids is 1. The van der Waals surface area contributed by atoms with Crippen LogP contribution in [0.1, 0.15) is 15.9 Å². The zero-order chi connectivity index (χ0) is 19.0. The molecule has 0 radical (unpaired) electrons. The quantitative estimate of drug-likeness (QED) is 0.574. The predicted octanol–water partition coefficient (Wildman–Crippen LogP) is 4.42. The van der Waals surface area contributed by atoms with Gasteiger partial charge >= 0.3 is 0 Å². The fourth-order valence-corrected chi connectivity index (χ4v) is 4.41. The van der Waals surface area contributed by atoms with Gasteiger partial charge in [0, 0.05) is 10.0 Å². The van der Waals surface area contributed by atoms with Gasteiger partial charge in [-0.3, -0.25) is 4.79 Å². The van der Waals surface area contributed by atoms with Crippen LogP contribution >= 0.6 is 27.7 Å². The summed E-state index contributed by atoms with van der Waals surface area (Å²) in [5.74, 6) is 1.60. The third-order valence-corrected chi connectivity index (χ3v) is 6.05. The number of nitrogens with zero attached hydrogens (tertiary/aromatic N) is 2. The highest BCUT2D eigenvalue weighted by Crippen LogP contribution is 2.40. The topological polar surface area (TPSA) is 74.5 Å². The lowest BCUT2D eigenvalue weighted by molar-refractivity contribution is 0.0999. The van der Waals surface area contributed by atoms with Gasteiger partial charge < -0.3 is 13.9 Å². The molecule has 1 aliphatic rings. The molecule has 1 unspecified atom stereocenters. The maximum Gasteiger partial charge on any atom is 0.277 e. The van der Waals surface area contributed by atoms with Crippen molar-refractivity contribution in [1.82, 2.24) is 10.2 Å².